The van der Waals surface area contributed by atoms with Crippen molar-refractivity contribution < 1.29 is 9.18 Å². The lowest BCUT2D eigenvalue weighted by atomic mass is 10.3. The van der Waals surface area contributed by atoms with Crippen LogP contribution in [0.3, 0.4) is 0 Å². The first kappa shape index (κ1) is 11.5. The predicted octanol–water partition coefficient (Wildman–Crippen LogP) is 2.52. The molecule has 6 heteroatoms. The molecule has 0 aliphatic rings. The van der Waals surface area contributed by atoms with Crippen LogP contribution in [-0.4, -0.2) is 15.9 Å². The zero-order valence-corrected chi connectivity index (χ0v) is 9.28. The molecule has 1 heterocycles. The second-order valence-corrected chi connectivity index (χ2v) is 3.58. The average molecular weight is 252 g/mol. The quantitative estimate of drug-likeness (QED) is 0.892. The van der Waals surface area contributed by atoms with E-state index in [1.54, 1.807) is 0 Å². The van der Waals surface area contributed by atoms with E-state index in [4.69, 9.17) is 11.6 Å². The van der Waals surface area contributed by atoms with Gasteiger partial charge in [-0.1, -0.05) is 11.6 Å². The summed E-state index contributed by atoms with van der Waals surface area (Å²) in [4.78, 5) is 19.2. The first-order chi connectivity index (χ1) is 8.16. The maximum absolute atomic E-state index is 12.8. The number of hydrogen-bond acceptors (Lipinski definition) is 3. The molecule has 4 nitrogen and oxygen atoms in total. The van der Waals surface area contributed by atoms with E-state index in [2.05, 4.69) is 15.3 Å². The fourth-order valence-corrected chi connectivity index (χ4v) is 1.42. The molecule has 0 radical (unpaired) electrons. The number of benzene rings is 1. The lowest BCUT2D eigenvalue weighted by Gasteiger charge is -2.06. The van der Waals surface area contributed by atoms with Crippen LogP contribution in [0.2, 0.25) is 5.02 Å². The summed E-state index contributed by atoms with van der Waals surface area (Å²) in [5.41, 5.74) is 0.539. The third kappa shape index (κ3) is 2.76. The minimum Gasteiger partial charge on any atom is -0.319 e. The van der Waals surface area contributed by atoms with Crippen molar-refractivity contribution in [3.8, 4) is 0 Å². The molecule has 0 saturated carbocycles. The Hall–Kier alpha value is -2.01. The summed E-state index contributed by atoms with van der Waals surface area (Å²) < 4.78 is 12.8. The van der Waals surface area contributed by atoms with Crippen LogP contribution in [0.1, 0.15) is 10.5 Å². The zero-order valence-electron chi connectivity index (χ0n) is 8.52. The van der Waals surface area contributed by atoms with E-state index in [9.17, 15) is 9.18 Å². The predicted molar refractivity (Wildman–Crippen MR) is 61.4 cm³/mol. The second kappa shape index (κ2) is 4.88. The van der Waals surface area contributed by atoms with Crippen molar-refractivity contribution in [3.63, 3.8) is 0 Å². The smallest absolute Gasteiger partial charge is 0.274 e. The summed E-state index contributed by atoms with van der Waals surface area (Å²) in [6.45, 7) is 0. The molecule has 0 aliphatic carbocycles. The Bertz CT molecular complexity index is 548. The van der Waals surface area contributed by atoms with Crippen LogP contribution in [0.25, 0.3) is 0 Å². The number of carbonyl (C=O) groups is 1. The topological polar surface area (TPSA) is 54.9 Å². The third-order valence-corrected chi connectivity index (χ3v) is 2.31. The minimum atomic E-state index is -0.463. The van der Waals surface area contributed by atoms with Crippen molar-refractivity contribution in [2.24, 2.45) is 0 Å². The van der Waals surface area contributed by atoms with Gasteiger partial charge in [-0.05, 0) is 24.3 Å². The number of rotatable bonds is 2. The van der Waals surface area contributed by atoms with Crippen molar-refractivity contribution in [2.75, 3.05) is 5.32 Å². The second-order valence-electron chi connectivity index (χ2n) is 3.17. The maximum Gasteiger partial charge on any atom is 0.274 e. The third-order valence-electron chi connectivity index (χ3n) is 1.99. The standard InChI is InChI=1S/C11H7ClFN3O/c12-8-5-7(13)1-2-9(8)16-11(17)10-3-4-14-6-15-10/h1-6H,(H,16,17). The average Bonchev–Trinajstić information content (AvgIpc) is 2.34. The Balaban J connectivity index is 2.19. The van der Waals surface area contributed by atoms with Gasteiger partial charge in [0.05, 0.1) is 10.7 Å². The van der Waals surface area contributed by atoms with Crippen LogP contribution in [0.15, 0.2) is 36.8 Å². The molecule has 2 aromatic rings. The zero-order chi connectivity index (χ0) is 12.3. The molecule has 0 saturated heterocycles. The molecule has 1 amide bonds. The fourth-order valence-electron chi connectivity index (χ4n) is 1.20. The Morgan fingerprint density at radius 3 is 2.82 bits per heavy atom. The first-order valence-corrected chi connectivity index (χ1v) is 5.07. The van der Waals surface area contributed by atoms with Crippen LogP contribution in [-0.2, 0) is 0 Å². The molecule has 2 rings (SSSR count). The van der Waals surface area contributed by atoms with Gasteiger partial charge in [0, 0.05) is 6.20 Å². The number of amides is 1. The van der Waals surface area contributed by atoms with E-state index in [0.29, 0.717) is 5.69 Å². The number of carbonyl (C=O) groups excluding carboxylic acids is 1. The number of nitrogens with zero attached hydrogens (tertiary/aromatic N) is 2. The van der Waals surface area contributed by atoms with Gasteiger partial charge in [-0.3, -0.25) is 4.79 Å². The SMILES string of the molecule is O=C(Nc1ccc(F)cc1Cl)c1ccncn1. The van der Waals surface area contributed by atoms with Crippen LogP contribution in [0.5, 0.6) is 0 Å². The number of anilines is 1. The highest BCUT2D eigenvalue weighted by Gasteiger charge is 2.09. The number of nitrogens with one attached hydrogen (secondary N) is 1. The van der Waals surface area contributed by atoms with E-state index in [0.717, 1.165) is 6.07 Å². The minimum absolute atomic E-state index is 0.132. The van der Waals surface area contributed by atoms with E-state index < -0.39 is 11.7 Å². The summed E-state index contributed by atoms with van der Waals surface area (Å²) in [6, 6.07) is 5.18. The first-order valence-electron chi connectivity index (χ1n) is 4.69. The number of halogens is 2. The van der Waals surface area contributed by atoms with Crippen LogP contribution in [0, 0.1) is 5.82 Å². The Labute approximate surface area is 101 Å². The summed E-state index contributed by atoms with van der Waals surface area (Å²) in [5.74, 6) is -0.893. The molecule has 0 unspecified atom stereocenters. The number of aromatic nitrogens is 2. The van der Waals surface area contributed by atoms with Gasteiger partial charge < -0.3 is 5.32 Å². The lowest BCUT2D eigenvalue weighted by molar-refractivity contribution is 0.102. The monoisotopic (exact) mass is 251 g/mol. The van der Waals surface area contributed by atoms with Gasteiger partial charge in [0.1, 0.15) is 17.8 Å². The summed E-state index contributed by atoms with van der Waals surface area (Å²) in [7, 11) is 0. The Kier molecular flexibility index (Phi) is 3.30. The van der Waals surface area contributed by atoms with Crippen molar-refractivity contribution in [1.29, 1.82) is 0 Å². The Morgan fingerprint density at radius 2 is 2.18 bits per heavy atom. The molecule has 17 heavy (non-hydrogen) atoms. The van der Waals surface area contributed by atoms with E-state index in [1.165, 1.54) is 30.7 Å². The molecule has 0 spiro atoms. The van der Waals surface area contributed by atoms with Crippen LogP contribution >= 0.6 is 11.6 Å². The van der Waals surface area contributed by atoms with Gasteiger partial charge in [-0.15, -0.1) is 0 Å². The summed E-state index contributed by atoms with van der Waals surface area (Å²) in [6.07, 6.45) is 2.72. The molecular weight excluding hydrogens is 245 g/mol. The van der Waals surface area contributed by atoms with Crippen molar-refractivity contribution in [2.45, 2.75) is 0 Å². The fraction of sp³-hybridized carbons (Fsp3) is 0. The molecule has 0 fully saturated rings. The van der Waals surface area contributed by atoms with Gasteiger partial charge in [-0.2, -0.15) is 0 Å². The van der Waals surface area contributed by atoms with Crippen molar-refractivity contribution in [1.82, 2.24) is 9.97 Å². The van der Waals surface area contributed by atoms with Gasteiger partial charge >= 0.3 is 0 Å². The molecule has 0 bridgehead atoms. The largest absolute Gasteiger partial charge is 0.319 e. The van der Waals surface area contributed by atoms with Crippen LogP contribution in [0.4, 0.5) is 10.1 Å². The highest BCUT2D eigenvalue weighted by atomic mass is 35.5. The molecule has 0 aliphatic heterocycles. The highest BCUT2D eigenvalue weighted by Crippen LogP contribution is 2.22. The van der Waals surface area contributed by atoms with E-state index in [1.807, 2.05) is 0 Å². The van der Waals surface area contributed by atoms with Gasteiger partial charge in [0.25, 0.3) is 5.91 Å². The Morgan fingerprint density at radius 1 is 1.35 bits per heavy atom. The molecule has 86 valence electrons. The van der Waals surface area contributed by atoms with Gasteiger partial charge in [0.15, 0.2) is 0 Å². The van der Waals surface area contributed by atoms with E-state index in [-0.39, 0.29) is 10.7 Å². The summed E-state index contributed by atoms with van der Waals surface area (Å²) in [5, 5.41) is 2.66. The van der Waals surface area contributed by atoms with E-state index >= 15 is 0 Å². The van der Waals surface area contributed by atoms with Gasteiger partial charge in [0.2, 0.25) is 0 Å². The molecule has 1 aromatic heterocycles. The highest BCUT2D eigenvalue weighted by molar-refractivity contribution is 6.33. The lowest BCUT2D eigenvalue weighted by Crippen LogP contribution is -2.13. The molecule has 0 atom stereocenters. The molecule has 1 aromatic carbocycles. The summed E-state index contributed by atoms with van der Waals surface area (Å²) >= 11 is 5.77. The van der Waals surface area contributed by atoms with Crippen molar-refractivity contribution >= 4 is 23.2 Å². The maximum atomic E-state index is 12.8. The molecular formula is C11H7ClFN3O. The van der Waals surface area contributed by atoms with Gasteiger partial charge in [-0.25, -0.2) is 14.4 Å². The number of hydrogen-bond donors (Lipinski definition) is 1. The normalized spacial score (nSPS) is 10.0. The molecule has 1 N–H and O–H groups in total. The van der Waals surface area contributed by atoms with Crippen molar-refractivity contribution in [3.05, 3.63) is 53.3 Å². The van der Waals surface area contributed by atoms with Crippen LogP contribution < -0.4 is 5.32 Å².